The summed E-state index contributed by atoms with van der Waals surface area (Å²) >= 11 is 0. The molecule has 1 aliphatic rings. The Bertz CT molecular complexity index is 438. The van der Waals surface area contributed by atoms with Gasteiger partial charge in [0.2, 0.25) is 5.91 Å². The van der Waals surface area contributed by atoms with Gasteiger partial charge in [-0.25, -0.2) is 0 Å². The van der Waals surface area contributed by atoms with Crippen LogP contribution in [0, 0.1) is 13.8 Å². The van der Waals surface area contributed by atoms with Gasteiger partial charge in [0.15, 0.2) is 0 Å². The standard InChI is InChI=1S/C15H23N3O/c1-11-5-3-6-12(2)15(11)17-14(19)10-18-8-4-7-13(16)9-18/h3,5-6,13H,4,7-10,16H2,1-2H3,(H,17,19). The second-order valence-electron chi connectivity index (χ2n) is 5.45. The first-order chi connectivity index (χ1) is 9.06. The fourth-order valence-electron chi connectivity index (χ4n) is 2.63. The van der Waals surface area contributed by atoms with Crippen molar-refractivity contribution in [3.63, 3.8) is 0 Å². The monoisotopic (exact) mass is 261 g/mol. The van der Waals surface area contributed by atoms with Gasteiger partial charge in [-0.15, -0.1) is 0 Å². The molecule has 1 aromatic rings. The molecule has 0 saturated carbocycles. The van der Waals surface area contributed by atoms with Crippen LogP contribution in [0.2, 0.25) is 0 Å². The number of para-hydroxylation sites is 1. The number of likely N-dealkylation sites (tertiary alicyclic amines) is 1. The molecule has 1 fully saturated rings. The number of nitrogens with zero attached hydrogens (tertiary/aromatic N) is 1. The number of piperidine rings is 1. The molecule has 2 rings (SSSR count). The number of hydrogen-bond acceptors (Lipinski definition) is 3. The highest BCUT2D eigenvalue weighted by molar-refractivity contribution is 5.93. The number of rotatable bonds is 3. The van der Waals surface area contributed by atoms with E-state index in [2.05, 4.69) is 10.2 Å². The van der Waals surface area contributed by atoms with Crippen molar-refractivity contribution in [2.45, 2.75) is 32.7 Å². The molecule has 1 aromatic carbocycles. The van der Waals surface area contributed by atoms with Crippen LogP contribution < -0.4 is 11.1 Å². The van der Waals surface area contributed by atoms with E-state index in [9.17, 15) is 4.79 Å². The Morgan fingerprint density at radius 2 is 2.11 bits per heavy atom. The van der Waals surface area contributed by atoms with Crippen LogP contribution in [0.25, 0.3) is 0 Å². The summed E-state index contributed by atoms with van der Waals surface area (Å²) in [7, 11) is 0. The number of benzene rings is 1. The fourth-order valence-corrected chi connectivity index (χ4v) is 2.63. The molecule has 0 aliphatic carbocycles. The lowest BCUT2D eigenvalue weighted by atomic mass is 10.1. The zero-order valence-electron chi connectivity index (χ0n) is 11.8. The van der Waals surface area contributed by atoms with Gasteiger partial charge in [-0.1, -0.05) is 18.2 Å². The van der Waals surface area contributed by atoms with E-state index in [1.807, 2.05) is 32.0 Å². The quantitative estimate of drug-likeness (QED) is 0.870. The molecule has 4 nitrogen and oxygen atoms in total. The number of amides is 1. The molecular weight excluding hydrogens is 238 g/mol. The number of carbonyl (C=O) groups excluding carboxylic acids is 1. The van der Waals surface area contributed by atoms with Crippen molar-refractivity contribution in [2.24, 2.45) is 5.73 Å². The van der Waals surface area contributed by atoms with E-state index in [1.165, 1.54) is 0 Å². The van der Waals surface area contributed by atoms with E-state index in [1.54, 1.807) is 0 Å². The van der Waals surface area contributed by atoms with Gasteiger partial charge in [0.25, 0.3) is 0 Å². The second-order valence-corrected chi connectivity index (χ2v) is 5.45. The lowest BCUT2D eigenvalue weighted by molar-refractivity contribution is -0.117. The van der Waals surface area contributed by atoms with Crippen LogP contribution in [0.1, 0.15) is 24.0 Å². The first-order valence-electron chi connectivity index (χ1n) is 6.90. The molecule has 0 spiro atoms. The number of carbonyl (C=O) groups is 1. The van der Waals surface area contributed by atoms with Gasteiger partial charge in [0.1, 0.15) is 0 Å². The number of anilines is 1. The van der Waals surface area contributed by atoms with Crippen molar-refractivity contribution in [3.05, 3.63) is 29.3 Å². The molecule has 0 aromatic heterocycles. The van der Waals surface area contributed by atoms with Crippen LogP contribution in [-0.4, -0.2) is 36.5 Å². The molecule has 19 heavy (non-hydrogen) atoms. The average Bonchev–Trinajstić information content (AvgIpc) is 2.34. The molecular formula is C15H23N3O. The Kier molecular flexibility index (Phi) is 4.56. The third-order valence-electron chi connectivity index (χ3n) is 3.65. The highest BCUT2D eigenvalue weighted by Crippen LogP contribution is 2.19. The van der Waals surface area contributed by atoms with Crippen LogP contribution in [0.5, 0.6) is 0 Å². The van der Waals surface area contributed by atoms with Gasteiger partial charge in [-0.2, -0.15) is 0 Å². The summed E-state index contributed by atoms with van der Waals surface area (Å²) in [6.45, 7) is 6.24. The van der Waals surface area contributed by atoms with E-state index in [0.717, 1.165) is 42.7 Å². The van der Waals surface area contributed by atoms with E-state index in [-0.39, 0.29) is 11.9 Å². The minimum atomic E-state index is 0.0477. The third kappa shape index (κ3) is 3.78. The maximum absolute atomic E-state index is 12.1. The first kappa shape index (κ1) is 14.0. The van der Waals surface area contributed by atoms with Gasteiger partial charge in [0, 0.05) is 18.3 Å². The molecule has 4 heteroatoms. The van der Waals surface area contributed by atoms with Crippen LogP contribution in [0.4, 0.5) is 5.69 Å². The Hall–Kier alpha value is -1.39. The average molecular weight is 261 g/mol. The molecule has 0 radical (unpaired) electrons. The largest absolute Gasteiger partial charge is 0.327 e. The molecule has 1 aliphatic heterocycles. The highest BCUT2D eigenvalue weighted by atomic mass is 16.2. The summed E-state index contributed by atoms with van der Waals surface area (Å²) in [5, 5.41) is 3.02. The fraction of sp³-hybridized carbons (Fsp3) is 0.533. The van der Waals surface area contributed by atoms with Crippen molar-refractivity contribution in [2.75, 3.05) is 25.0 Å². The van der Waals surface area contributed by atoms with Crippen molar-refractivity contribution >= 4 is 11.6 Å². The molecule has 0 bridgehead atoms. The summed E-state index contributed by atoms with van der Waals surface area (Å²) < 4.78 is 0. The minimum absolute atomic E-state index is 0.0477. The summed E-state index contributed by atoms with van der Waals surface area (Å²) in [5.41, 5.74) is 9.07. The molecule has 1 saturated heterocycles. The number of hydrogen-bond donors (Lipinski definition) is 2. The summed E-state index contributed by atoms with van der Waals surface area (Å²) in [4.78, 5) is 14.2. The van der Waals surface area contributed by atoms with E-state index < -0.39 is 0 Å². The SMILES string of the molecule is Cc1cccc(C)c1NC(=O)CN1CCCC(N)C1. The Labute approximate surface area is 115 Å². The molecule has 104 valence electrons. The highest BCUT2D eigenvalue weighted by Gasteiger charge is 2.19. The number of aryl methyl sites for hydroxylation is 2. The van der Waals surface area contributed by atoms with Crippen LogP contribution in [0.3, 0.4) is 0 Å². The third-order valence-corrected chi connectivity index (χ3v) is 3.65. The Morgan fingerprint density at radius 1 is 1.42 bits per heavy atom. The predicted octanol–water partition coefficient (Wildman–Crippen LogP) is 1.67. The van der Waals surface area contributed by atoms with Crippen LogP contribution in [0.15, 0.2) is 18.2 Å². The van der Waals surface area contributed by atoms with Gasteiger partial charge in [-0.05, 0) is 44.4 Å². The summed E-state index contributed by atoms with van der Waals surface area (Å²) in [6.07, 6.45) is 2.15. The van der Waals surface area contributed by atoms with E-state index >= 15 is 0 Å². The zero-order chi connectivity index (χ0) is 13.8. The number of nitrogens with two attached hydrogens (primary N) is 1. The molecule has 1 amide bonds. The molecule has 3 N–H and O–H groups in total. The van der Waals surface area contributed by atoms with Crippen molar-refractivity contribution in [1.29, 1.82) is 0 Å². The molecule has 1 unspecified atom stereocenters. The van der Waals surface area contributed by atoms with Gasteiger partial charge >= 0.3 is 0 Å². The van der Waals surface area contributed by atoms with Gasteiger partial charge < -0.3 is 11.1 Å². The molecule has 1 heterocycles. The Balaban J connectivity index is 1.94. The first-order valence-corrected chi connectivity index (χ1v) is 6.90. The topological polar surface area (TPSA) is 58.4 Å². The van der Waals surface area contributed by atoms with E-state index in [0.29, 0.717) is 6.54 Å². The lowest BCUT2D eigenvalue weighted by Crippen LogP contribution is -2.45. The van der Waals surface area contributed by atoms with Gasteiger partial charge in [0.05, 0.1) is 6.54 Å². The van der Waals surface area contributed by atoms with E-state index in [4.69, 9.17) is 5.73 Å². The minimum Gasteiger partial charge on any atom is -0.327 e. The van der Waals surface area contributed by atoms with Crippen molar-refractivity contribution < 1.29 is 4.79 Å². The smallest absolute Gasteiger partial charge is 0.238 e. The van der Waals surface area contributed by atoms with Crippen LogP contribution in [-0.2, 0) is 4.79 Å². The zero-order valence-corrected chi connectivity index (χ0v) is 11.8. The predicted molar refractivity (Wildman–Crippen MR) is 78.2 cm³/mol. The molecule has 1 atom stereocenters. The lowest BCUT2D eigenvalue weighted by Gasteiger charge is -2.30. The second kappa shape index (κ2) is 6.17. The number of nitrogens with one attached hydrogen (secondary N) is 1. The van der Waals surface area contributed by atoms with Crippen molar-refractivity contribution in [1.82, 2.24) is 4.90 Å². The van der Waals surface area contributed by atoms with Crippen molar-refractivity contribution in [3.8, 4) is 0 Å². The van der Waals surface area contributed by atoms with Gasteiger partial charge in [-0.3, -0.25) is 9.69 Å². The maximum atomic E-state index is 12.1. The summed E-state index contributed by atoms with van der Waals surface area (Å²) in [6, 6.07) is 6.24. The normalized spacial score (nSPS) is 20.3. The Morgan fingerprint density at radius 3 is 2.74 bits per heavy atom. The summed E-state index contributed by atoms with van der Waals surface area (Å²) in [5.74, 6) is 0.0477. The van der Waals surface area contributed by atoms with Crippen LogP contribution >= 0.6 is 0 Å². The maximum Gasteiger partial charge on any atom is 0.238 e.